The Bertz CT molecular complexity index is 920. The smallest absolute Gasteiger partial charge is 0.255 e. The zero-order chi connectivity index (χ0) is 19.3. The summed E-state index contributed by atoms with van der Waals surface area (Å²) in [4.78, 5) is 12.5. The standard InChI is InChI=1S/C24H25N3O/c25-14-15-26-23-16-22(23)19-10-12-21(13-11-19)27-24(28)20-8-6-18(7-9-20)17-4-2-1-3-5-17/h1-13,22-23,26H,14-16,25H2,(H,27,28). The summed E-state index contributed by atoms with van der Waals surface area (Å²) < 4.78 is 0. The number of amides is 1. The molecule has 28 heavy (non-hydrogen) atoms. The molecule has 1 aliphatic carbocycles. The van der Waals surface area contributed by atoms with Crippen molar-refractivity contribution in [3.05, 3.63) is 90.0 Å². The molecule has 1 aliphatic rings. The van der Waals surface area contributed by atoms with Crippen LogP contribution in [0.4, 0.5) is 5.69 Å². The van der Waals surface area contributed by atoms with E-state index in [1.807, 2.05) is 54.6 Å². The fourth-order valence-corrected chi connectivity index (χ4v) is 3.52. The normalized spacial score (nSPS) is 17.9. The Balaban J connectivity index is 1.36. The van der Waals surface area contributed by atoms with Crippen molar-refractivity contribution in [1.29, 1.82) is 0 Å². The number of hydrogen-bond donors (Lipinski definition) is 3. The zero-order valence-electron chi connectivity index (χ0n) is 15.8. The van der Waals surface area contributed by atoms with Gasteiger partial charge in [0.15, 0.2) is 0 Å². The van der Waals surface area contributed by atoms with Crippen LogP contribution in [0.25, 0.3) is 11.1 Å². The summed E-state index contributed by atoms with van der Waals surface area (Å²) in [6.45, 7) is 1.53. The molecule has 4 rings (SSSR count). The first kappa shape index (κ1) is 18.4. The van der Waals surface area contributed by atoms with E-state index < -0.39 is 0 Å². The average Bonchev–Trinajstić information content (AvgIpc) is 3.53. The van der Waals surface area contributed by atoms with Gasteiger partial charge >= 0.3 is 0 Å². The van der Waals surface area contributed by atoms with E-state index in [0.717, 1.165) is 29.8 Å². The zero-order valence-corrected chi connectivity index (χ0v) is 15.8. The third-order valence-electron chi connectivity index (χ3n) is 5.19. The van der Waals surface area contributed by atoms with Crippen molar-refractivity contribution in [1.82, 2.24) is 5.32 Å². The lowest BCUT2D eigenvalue weighted by Crippen LogP contribution is -2.25. The van der Waals surface area contributed by atoms with Gasteiger partial charge in [-0.15, -0.1) is 0 Å². The number of nitrogens with one attached hydrogen (secondary N) is 2. The molecule has 4 nitrogen and oxygen atoms in total. The predicted molar refractivity (Wildman–Crippen MR) is 114 cm³/mol. The maximum absolute atomic E-state index is 12.5. The van der Waals surface area contributed by atoms with Crippen LogP contribution in [-0.4, -0.2) is 25.0 Å². The summed E-state index contributed by atoms with van der Waals surface area (Å²) >= 11 is 0. The average molecular weight is 371 g/mol. The Hall–Kier alpha value is -2.95. The van der Waals surface area contributed by atoms with Gasteiger partial charge in [-0.25, -0.2) is 0 Å². The number of carbonyl (C=O) groups excluding carboxylic acids is 1. The summed E-state index contributed by atoms with van der Waals surface area (Å²) in [7, 11) is 0. The number of anilines is 1. The van der Waals surface area contributed by atoms with E-state index in [1.54, 1.807) is 0 Å². The van der Waals surface area contributed by atoms with Crippen LogP contribution in [0.5, 0.6) is 0 Å². The first-order chi connectivity index (χ1) is 13.7. The molecule has 2 atom stereocenters. The number of benzene rings is 3. The molecular weight excluding hydrogens is 346 g/mol. The Labute approximate surface area is 165 Å². The quantitative estimate of drug-likeness (QED) is 0.588. The van der Waals surface area contributed by atoms with Crippen molar-refractivity contribution >= 4 is 11.6 Å². The highest BCUT2D eigenvalue weighted by Crippen LogP contribution is 2.40. The second-order valence-electron chi connectivity index (χ2n) is 7.21. The Morgan fingerprint density at radius 3 is 2.25 bits per heavy atom. The summed E-state index contributed by atoms with van der Waals surface area (Å²) in [5.74, 6) is 0.461. The molecule has 4 heteroatoms. The van der Waals surface area contributed by atoms with Crippen LogP contribution in [0.2, 0.25) is 0 Å². The van der Waals surface area contributed by atoms with E-state index in [9.17, 15) is 4.79 Å². The number of nitrogens with two attached hydrogens (primary N) is 1. The first-order valence-corrected chi connectivity index (χ1v) is 9.75. The van der Waals surface area contributed by atoms with Crippen molar-refractivity contribution in [2.75, 3.05) is 18.4 Å². The van der Waals surface area contributed by atoms with E-state index in [-0.39, 0.29) is 5.91 Å². The third-order valence-corrected chi connectivity index (χ3v) is 5.19. The topological polar surface area (TPSA) is 67.2 Å². The van der Waals surface area contributed by atoms with Gasteiger partial charge in [0.05, 0.1) is 0 Å². The molecule has 4 N–H and O–H groups in total. The molecule has 3 aromatic carbocycles. The van der Waals surface area contributed by atoms with Crippen LogP contribution in [0.1, 0.15) is 28.3 Å². The Morgan fingerprint density at radius 2 is 1.57 bits per heavy atom. The molecule has 0 saturated heterocycles. The monoisotopic (exact) mass is 371 g/mol. The van der Waals surface area contributed by atoms with Gasteiger partial charge in [-0.1, -0.05) is 54.6 Å². The first-order valence-electron chi connectivity index (χ1n) is 9.75. The van der Waals surface area contributed by atoms with E-state index in [0.29, 0.717) is 24.1 Å². The van der Waals surface area contributed by atoms with Gasteiger partial charge in [-0.05, 0) is 47.4 Å². The van der Waals surface area contributed by atoms with Crippen LogP contribution in [0.3, 0.4) is 0 Å². The SMILES string of the molecule is NCCNC1CC1c1ccc(NC(=O)c2ccc(-c3ccccc3)cc2)cc1. The van der Waals surface area contributed by atoms with Gasteiger partial charge in [0.1, 0.15) is 0 Å². The van der Waals surface area contributed by atoms with Crippen molar-refractivity contribution in [2.24, 2.45) is 5.73 Å². The fourth-order valence-electron chi connectivity index (χ4n) is 3.52. The highest BCUT2D eigenvalue weighted by atomic mass is 16.1. The van der Waals surface area contributed by atoms with E-state index in [4.69, 9.17) is 5.73 Å². The Kier molecular flexibility index (Phi) is 5.51. The van der Waals surface area contributed by atoms with E-state index in [2.05, 4.69) is 34.9 Å². The van der Waals surface area contributed by atoms with Crippen LogP contribution >= 0.6 is 0 Å². The largest absolute Gasteiger partial charge is 0.329 e. The van der Waals surface area contributed by atoms with Gasteiger partial charge in [0.2, 0.25) is 0 Å². The second-order valence-corrected chi connectivity index (χ2v) is 7.21. The van der Waals surface area contributed by atoms with Crippen LogP contribution < -0.4 is 16.4 Å². The van der Waals surface area contributed by atoms with E-state index >= 15 is 0 Å². The number of carbonyl (C=O) groups is 1. The maximum Gasteiger partial charge on any atom is 0.255 e. The lowest BCUT2D eigenvalue weighted by Gasteiger charge is -2.08. The second kappa shape index (κ2) is 8.38. The molecule has 0 heterocycles. The maximum atomic E-state index is 12.5. The summed E-state index contributed by atoms with van der Waals surface area (Å²) in [5.41, 5.74) is 10.5. The lowest BCUT2D eigenvalue weighted by molar-refractivity contribution is 0.102. The number of rotatable bonds is 7. The minimum absolute atomic E-state index is 0.0960. The van der Waals surface area contributed by atoms with Gasteiger partial charge in [-0.3, -0.25) is 4.79 Å². The molecule has 1 saturated carbocycles. The van der Waals surface area contributed by atoms with Gasteiger partial charge in [-0.2, -0.15) is 0 Å². The minimum Gasteiger partial charge on any atom is -0.329 e. The van der Waals surface area contributed by atoms with Crippen molar-refractivity contribution in [3.8, 4) is 11.1 Å². The molecule has 2 unspecified atom stereocenters. The molecule has 1 fully saturated rings. The molecule has 0 aliphatic heterocycles. The van der Waals surface area contributed by atoms with Crippen LogP contribution in [0, 0.1) is 0 Å². The molecule has 0 aromatic heterocycles. The minimum atomic E-state index is -0.0960. The molecule has 0 bridgehead atoms. The third kappa shape index (κ3) is 4.30. The molecule has 1 amide bonds. The summed E-state index contributed by atoms with van der Waals surface area (Å²) in [6, 6.07) is 26.5. The van der Waals surface area contributed by atoms with Crippen LogP contribution in [0.15, 0.2) is 78.9 Å². The van der Waals surface area contributed by atoms with Crippen LogP contribution in [-0.2, 0) is 0 Å². The fraction of sp³-hybridized carbons (Fsp3) is 0.208. The predicted octanol–water partition coefficient (Wildman–Crippen LogP) is 4.01. The Morgan fingerprint density at radius 1 is 0.893 bits per heavy atom. The van der Waals surface area contributed by atoms with Crippen molar-refractivity contribution < 1.29 is 4.79 Å². The van der Waals surface area contributed by atoms with Gasteiger partial charge < -0.3 is 16.4 Å². The summed E-state index contributed by atoms with van der Waals surface area (Å²) in [5, 5.41) is 6.42. The highest BCUT2D eigenvalue weighted by Gasteiger charge is 2.37. The van der Waals surface area contributed by atoms with Gasteiger partial charge in [0.25, 0.3) is 5.91 Å². The van der Waals surface area contributed by atoms with Gasteiger partial charge in [0, 0.05) is 36.3 Å². The van der Waals surface area contributed by atoms with Crippen molar-refractivity contribution in [2.45, 2.75) is 18.4 Å². The molecule has 142 valence electrons. The molecule has 0 radical (unpaired) electrons. The molecule has 0 spiro atoms. The van der Waals surface area contributed by atoms with Crippen molar-refractivity contribution in [3.63, 3.8) is 0 Å². The molecule has 3 aromatic rings. The lowest BCUT2D eigenvalue weighted by atomic mass is 10.0. The summed E-state index contributed by atoms with van der Waals surface area (Å²) in [6.07, 6.45) is 1.15. The van der Waals surface area contributed by atoms with E-state index in [1.165, 1.54) is 5.56 Å². The number of hydrogen-bond acceptors (Lipinski definition) is 3. The highest BCUT2D eigenvalue weighted by molar-refractivity contribution is 6.04. The molecular formula is C24H25N3O.